The number of nitriles is 2. The summed E-state index contributed by atoms with van der Waals surface area (Å²) in [5.74, 6) is -0.286. The Kier molecular flexibility index (Phi) is 6.16. The quantitative estimate of drug-likeness (QED) is 0.164. The second-order valence-electron chi connectivity index (χ2n) is 11.5. The van der Waals surface area contributed by atoms with Crippen LogP contribution in [0.3, 0.4) is 0 Å². The van der Waals surface area contributed by atoms with Crippen LogP contribution in [0.25, 0.3) is 5.57 Å². The Balaban J connectivity index is 1.17. The largest absolute Gasteiger partial charge is 0.485 e. The summed E-state index contributed by atoms with van der Waals surface area (Å²) in [6.07, 6.45) is 5.30. The molecule has 5 aliphatic rings. The van der Waals surface area contributed by atoms with Crippen LogP contribution >= 0.6 is 23.5 Å². The highest BCUT2D eigenvalue weighted by Gasteiger charge is 2.58. The summed E-state index contributed by atoms with van der Waals surface area (Å²) < 4.78 is 13.1. The van der Waals surface area contributed by atoms with Crippen LogP contribution in [0, 0.1) is 28.6 Å². The molecule has 9 heteroatoms. The molecule has 0 saturated carbocycles. The molecular formula is C38H22N4O3S2. The Hall–Kier alpha value is -5.61. The fraction of sp³-hybridized carbons (Fsp3) is 0.0789. The van der Waals surface area contributed by atoms with Crippen LogP contribution in [-0.4, -0.2) is 12.1 Å². The Bertz CT molecular complexity index is 2240. The number of ether oxygens (including phenoxy) is 2. The van der Waals surface area contributed by atoms with Gasteiger partial charge in [0.15, 0.2) is 5.60 Å². The average Bonchev–Trinajstić information content (AvgIpc) is 3.80. The standard InChI is InChI=1S/C38H22N4O3S2/c39-19-24(35-41-29-9-3-5-11-33(29)46-35)21-13-15-27-31(17-21)44-32-18-22(25(20-40)36-42-30-10-4-6-12-34(30)47-36)14-16-28(32)38(27)26-8-2-1-7-23(26)37(43)45-38/h1-18,27,31,41-42H/b35-24-,36-25-. The van der Waals surface area contributed by atoms with Crippen molar-refractivity contribution < 1.29 is 14.3 Å². The summed E-state index contributed by atoms with van der Waals surface area (Å²) in [4.78, 5) is 15.5. The van der Waals surface area contributed by atoms with Gasteiger partial charge < -0.3 is 20.1 Å². The summed E-state index contributed by atoms with van der Waals surface area (Å²) in [6.45, 7) is 0. The van der Waals surface area contributed by atoms with Crippen molar-refractivity contribution in [2.24, 2.45) is 5.92 Å². The van der Waals surface area contributed by atoms with Crippen LogP contribution in [0.15, 0.2) is 140 Å². The molecule has 0 bridgehead atoms. The van der Waals surface area contributed by atoms with Gasteiger partial charge in [0.05, 0.1) is 44.1 Å². The Morgan fingerprint density at radius 1 is 0.787 bits per heavy atom. The first-order valence-corrected chi connectivity index (χ1v) is 16.6. The predicted octanol–water partition coefficient (Wildman–Crippen LogP) is 8.34. The monoisotopic (exact) mass is 646 g/mol. The molecule has 3 unspecified atom stereocenters. The van der Waals surface area contributed by atoms with Gasteiger partial charge in [-0.1, -0.05) is 90.3 Å². The molecule has 0 aromatic heterocycles. The zero-order chi connectivity index (χ0) is 31.7. The van der Waals surface area contributed by atoms with Gasteiger partial charge in [0.25, 0.3) is 0 Å². The molecule has 0 radical (unpaired) electrons. The maximum absolute atomic E-state index is 13.4. The van der Waals surface area contributed by atoms with E-state index in [9.17, 15) is 15.3 Å². The number of para-hydroxylation sites is 2. The van der Waals surface area contributed by atoms with Gasteiger partial charge in [0, 0.05) is 20.9 Å². The first kappa shape index (κ1) is 27.7. The number of rotatable bonds is 2. The minimum atomic E-state index is -1.16. The molecule has 0 saturated heterocycles. The van der Waals surface area contributed by atoms with Crippen molar-refractivity contribution >= 4 is 46.4 Å². The second kappa shape index (κ2) is 10.5. The topological polar surface area (TPSA) is 107 Å². The van der Waals surface area contributed by atoms with Crippen molar-refractivity contribution in [2.45, 2.75) is 21.5 Å². The highest BCUT2D eigenvalue weighted by atomic mass is 32.2. The van der Waals surface area contributed by atoms with Gasteiger partial charge in [0.1, 0.15) is 24.0 Å². The van der Waals surface area contributed by atoms with E-state index in [1.807, 2.05) is 103 Å². The van der Waals surface area contributed by atoms with Gasteiger partial charge >= 0.3 is 5.97 Å². The van der Waals surface area contributed by atoms with Gasteiger partial charge in [-0.15, -0.1) is 0 Å². The van der Waals surface area contributed by atoms with E-state index in [-0.39, 0.29) is 0 Å². The highest BCUT2D eigenvalue weighted by Crippen LogP contribution is 2.57. The fourth-order valence-corrected chi connectivity index (χ4v) is 8.99. The molecule has 2 N–H and O–H groups in total. The number of allylic oxidation sites excluding steroid dienone is 4. The van der Waals surface area contributed by atoms with E-state index in [0.29, 0.717) is 39.2 Å². The molecule has 4 aliphatic heterocycles. The van der Waals surface area contributed by atoms with Crippen LogP contribution in [0.2, 0.25) is 0 Å². The average molecular weight is 647 g/mol. The molecule has 0 fully saturated rings. The normalized spacial score (nSPS) is 24.5. The van der Waals surface area contributed by atoms with Crippen molar-refractivity contribution in [3.05, 3.63) is 153 Å². The van der Waals surface area contributed by atoms with Crippen LogP contribution < -0.4 is 15.4 Å². The van der Waals surface area contributed by atoms with E-state index in [1.54, 1.807) is 6.07 Å². The summed E-state index contributed by atoms with van der Waals surface area (Å²) in [7, 11) is 0. The molecule has 1 aliphatic carbocycles. The first-order chi connectivity index (χ1) is 23.1. The predicted molar refractivity (Wildman–Crippen MR) is 181 cm³/mol. The number of fused-ring (bicyclic) bond motifs is 8. The van der Waals surface area contributed by atoms with E-state index < -0.39 is 23.6 Å². The number of nitrogens with zero attached hydrogens (tertiary/aromatic N) is 2. The number of nitrogens with one attached hydrogen (secondary N) is 2. The first-order valence-electron chi connectivity index (χ1n) is 15.0. The molecule has 9 rings (SSSR count). The van der Waals surface area contributed by atoms with Gasteiger partial charge in [-0.25, -0.2) is 4.79 Å². The number of carbonyl (C=O) groups is 1. The molecule has 7 nitrogen and oxygen atoms in total. The second-order valence-corrected chi connectivity index (χ2v) is 13.7. The van der Waals surface area contributed by atoms with Crippen LogP contribution in [0.5, 0.6) is 5.75 Å². The van der Waals surface area contributed by atoms with Gasteiger partial charge in [0.2, 0.25) is 0 Å². The van der Waals surface area contributed by atoms with Crippen molar-refractivity contribution in [1.82, 2.24) is 0 Å². The number of esters is 1. The van der Waals surface area contributed by atoms with Crippen molar-refractivity contribution in [3.63, 3.8) is 0 Å². The molecule has 47 heavy (non-hydrogen) atoms. The lowest BCUT2D eigenvalue weighted by molar-refractivity contribution is -0.0417. The number of benzene rings is 4. The third-order valence-corrected chi connectivity index (χ3v) is 11.2. The highest BCUT2D eigenvalue weighted by molar-refractivity contribution is 8.04. The Morgan fingerprint density at radius 3 is 2.15 bits per heavy atom. The third-order valence-electron chi connectivity index (χ3n) is 9.05. The molecule has 4 heterocycles. The summed E-state index contributed by atoms with van der Waals surface area (Å²) in [6, 6.07) is 33.8. The van der Waals surface area contributed by atoms with Crippen molar-refractivity contribution in [1.29, 1.82) is 10.5 Å². The SMILES string of the molecule is N#C/C(C1=CC2Oc3cc(/C(C#N)=C4/Nc5ccccc5S4)ccc3C3(OC(=O)c4ccccc43)C2C=C1)=C1\Nc2ccccc2S1. The summed E-state index contributed by atoms with van der Waals surface area (Å²) >= 11 is 3.04. The smallest absolute Gasteiger partial charge is 0.339 e. The maximum atomic E-state index is 13.4. The molecule has 3 atom stereocenters. The zero-order valence-corrected chi connectivity index (χ0v) is 26.1. The number of hydrogen-bond donors (Lipinski definition) is 2. The lowest BCUT2D eigenvalue weighted by atomic mass is 9.69. The molecule has 1 spiro atoms. The van der Waals surface area contributed by atoms with Gasteiger partial charge in [-0.3, -0.25) is 0 Å². The summed E-state index contributed by atoms with van der Waals surface area (Å²) in [5, 5.41) is 28.9. The van der Waals surface area contributed by atoms with E-state index in [1.165, 1.54) is 23.5 Å². The number of thioether (sulfide) groups is 2. The van der Waals surface area contributed by atoms with E-state index in [0.717, 1.165) is 36.8 Å². The van der Waals surface area contributed by atoms with E-state index >= 15 is 0 Å². The Morgan fingerprint density at radius 2 is 1.45 bits per heavy atom. The maximum Gasteiger partial charge on any atom is 0.339 e. The molecule has 0 amide bonds. The fourth-order valence-electron chi connectivity index (χ4n) is 6.94. The van der Waals surface area contributed by atoms with Crippen molar-refractivity contribution in [3.8, 4) is 17.9 Å². The molecule has 4 aromatic carbocycles. The minimum Gasteiger partial charge on any atom is -0.485 e. The minimum absolute atomic E-state index is 0.396. The Labute approximate surface area is 278 Å². The number of carbonyl (C=O) groups excluding carboxylic acids is 1. The lowest BCUT2D eigenvalue weighted by Crippen LogP contribution is -2.48. The van der Waals surface area contributed by atoms with Crippen LogP contribution in [-0.2, 0) is 10.3 Å². The molecule has 4 aromatic rings. The summed E-state index contributed by atoms with van der Waals surface area (Å²) in [5.41, 5.74) is 5.13. The zero-order valence-electron chi connectivity index (χ0n) is 24.5. The number of anilines is 2. The van der Waals surface area contributed by atoms with Crippen LogP contribution in [0.4, 0.5) is 11.4 Å². The van der Waals surface area contributed by atoms with E-state index in [4.69, 9.17) is 9.47 Å². The van der Waals surface area contributed by atoms with Gasteiger partial charge in [-0.05, 0) is 53.6 Å². The molecule has 224 valence electrons. The van der Waals surface area contributed by atoms with Crippen LogP contribution in [0.1, 0.15) is 27.0 Å². The van der Waals surface area contributed by atoms with Crippen molar-refractivity contribution in [2.75, 3.05) is 10.6 Å². The van der Waals surface area contributed by atoms with E-state index in [2.05, 4.69) is 22.8 Å². The molecular weight excluding hydrogens is 625 g/mol. The number of hydrogen-bond acceptors (Lipinski definition) is 9. The lowest BCUT2D eigenvalue weighted by Gasteiger charge is -2.45. The third kappa shape index (κ3) is 4.11. The van der Waals surface area contributed by atoms with Gasteiger partial charge in [-0.2, -0.15) is 10.5 Å².